The first kappa shape index (κ1) is 16.0. The van der Waals surface area contributed by atoms with E-state index in [4.69, 9.17) is 0 Å². The molecule has 0 heterocycles. The van der Waals surface area contributed by atoms with Gasteiger partial charge in [-0.05, 0) is 11.8 Å². The quantitative estimate of drug-likeness (QED) is 0.393. The number of unbranched alkanes of at least 4 members (excludes halogenated alkanes) is 1. The van der Waals surface area contributed by atoms with Crippen molar-refractivity contribution in [2.75, 3.05) is 0 Å². The van der Waals surface area contributed by atoms with E-state index >= 15 is 0 Å². The second-order valence-corrected chi connectivity index (χ2v) is 5.44. The molecule has 0 aromatic carbocycles. The lowest BCUT2D eigenvalue weighted by atomic mass is 9.87. The molecule has 0 aliphatic carbocycles. The van der Waals surface area contributed by atoms with E-state index in [2.05, 4.69) is 27.7 Å². The second kappa shape index (κ2) is 11.5. The van der Waals surface area contributed by atoms with Gasteiger partial charge >= 0.3 is 0 Å². The smallest absolute Gasteiger partial charge is 0.0414 e. The van der Waals surface area contributed by atoms with E-state index in [0.29, 0.717) is 0 Å². The zero-order chi connectivity index (χ0) is 12.2. The van der Waals surface area contributed by atoms with Gasteiger partial charge in [-0.15, -0.1) is 0 Å². The van der Waals surface area contributed by atoms with Crippen molar-refractivity contribution in [3.63, 3.8) is 0 Å². The zero-order valence-corrected chi connectivity index (χ0v) is 12.2. The van der Waals surface area contributed by atoms with E-state index in [9.17, 15) is 0 Å². The van der Waals surface area contributed by atoms with Crippen molar-refractivity contribution in [1.82, 2.24) is 0 Å². The first-order chi connectivity index (χ1) is 7.78. The standard InChI is InChI=1S/C16H34/c1-5-9-12-15(8-4)13-14-16(10-6-2)11-7-3/h15-16H,5-14H2,1-4H3. The van der Waals surface area contributed by atoms with Gasteiger partial charge in [-0.2, -0.15) is 0 Å². The third kappa shape index (κ3) is 8.19. The number of hydrogen-bond acceptors (Lipinski definition) is 0. The molecule has 0 radical (unpaired) electrons. The Hall–Kier alpha value is 0. The molecular formula is C16H34. The molecule has 0 saturated heterocycles. The third-order valence-corrected chi connectivity index (χ3v) is 3.92. The predicted octanol–water partition coefficient (Wildman–Crippen LogP) is 6.20. The highest BCUT2D eigenvalue weighted by atomic mass is 14.2. The Morgan fingerprint density at radius 1 is 0.562 bits per heavy atom. The van der Waals surface area contributed by atoms with E-state index in [1.807, 2.05) is 0 Å². The van der Waals surface area contributed by atoms with E-state index < -0.39 is 0 Å². The van der Waals surface area contributed by atoms with Crippen LogP contribution in [0.5, 0.6) is 0 Å². The van der Waals surface area contributed by atoms with E-state index in [-0.39, 0.29) is 0 Å². The molecule has 0 bridgehead atoms. The summed E-state index contributed by atoms with van der Waals surface area (Å²) in [7, 11) is 0. The molecule has 1 unspecified atom stereocenters. The highest BCUT2D eigenvalue weighted by Crippen LogP contribution is 2.25. The summed E-state index contributed by atoms with van der Waals surface area (Å²) in [6.07, 6.45) is 14.3. The molecule has 0 aliphatic rings. The maximum Gasteiger partial charge on any atom is -0.0414 e. The van der Waals surface area contributed by atoms with Crippen LogP contribution in [-0.4, -0.2) is 0 Å². The van der Waals surface area contributed by atoms with Crippen molar-refractivity contribution < 1.29 is 0 Å². The van der Waals surface area contributed by atoms with Gasteiger partial charge in [0.05, 0.1) is 0 Å². The van der Waals surface area contributed by atoms with Crippen LogP contribution in [0.15, 0.2) is 0 Å². The lowest BCUT2D eigenvalue weighted by Gasteiger charge is -2.19. The maximum absolute atomic E-state index is 2.37. The molecule has 0 nitrogen and oxygen atoms in total. The Morgan fingerprint density at radius 3 is 1.56 bits per heavy atom. The van der Waals surface area contributed by atoms with Gasteiger partial charge in [0.25, 0.3) is 0 Å². The van der Waals surface area contributed by atoms with Gasteiger partial charge in [-0.25, -0.2) is 0 Å². The lowest BCUT2D eigenvalue weighted by molar-refractivity contribution is 0.333. The molecule has 1 atom stereocenters. The molecule has 0 rings (SSSR count). The summed E-state index contributed by atoms with van der Waals surface area (Å²) in [5.41, 5.74) is 0. The maximum atomic E-state index is 2.37. The van der Waals surface area contributed by atoms with Crippen LogP contribution in [0.4, 0.5) is 0 Å². The Morgan fingerprint density at radius 2 is 1.12 bits per heavy atom. The zero-order valence-electron chi connectivity index (χ0n) is 12.2. The van der Waals surface area contributed by atoms with Crippen molar-refractivity contribution in [2.45, 2.75) is 91.9 Å². The fraction of sp³-hybridized carbons (Fsp3) is 1.00. The van der Waals surface area contributed by atoms with E-state index in [0.717, 1.165) is 11.8 Å². The summed E-state index contributed by atoms with van der Waals surface area (Å²) in [6, 6.07) is 0. The van der Waals surface area contributed by atoms with E-state index in [1.54, 1.807) is 0 Å². The normalized spacial score (nSPS) is 13.3. The molecule has 0 N–H and O–H groups in total. The van der Waals surface area contributed by atoms with Crippen LogP contribution in [0.1, 0.15) is 91.9 Å². The largest absolute Gasteiger partial charge is 0.0654 e. The fourth-order valence-electron chi connectivity index (χ4n) is 2.77. The summed E-state index contributed by atoms with van der Waals surface area (Å²) in [5.74, 6) is 2.03. The average molecular weight is 226 g/mol. The number of hydrogen-bond donors (Lipinski definition) is 0. The van der Waals surface area contributed by atoms with Crippen LogP contribution in [-0.2, 0) is 0 Å². The Labute approximate surface area is 104 Å². The van der Waals surface area contributed by atoms with Gasteiger partial charge in [0.15, 0.2) is 0 Å². The Bertz CT molecular complexity index is 122. The van der Waals surface area contributed by atoms with Crippen LogP contribution < -0.4 is 0 Å². The summed E-state index contributed by atoms with van der Waals surface area (Å²) in [6.45, 7) is 9.34. The van der Waals surface area contributed by atoms with Gasteiger partial charge in [0.2, 0.25) is 0 Å². The molecule has 0 aromatic rings. The van der Waals surface area contributed by atoms with Gasteiger partial charge in [-0.3, -0.25) is 0 Å². The summed E-state index contributed by atoms with van der Waals surface area (Å²) < 4.78 is 0. The van der Waals surface area contributed by atoms with Gasteiger partial charge in [0, 0.05) is 0 Å². The van der Waals surface area contributed by atoms with Crippen molar-refractivity contribution in [3.8, 4) is 0 Å². The van der Waals surface area contributed by atoms with Crippen LogP contribution in [0.2, 0.25) is 0 Å². The molecular weight excluding hydrogens is 192 g/mol. The highest BCUT2D eigenvalue weighted by molar-refractivity contribution is 4.64. The molecule has 98 valence electrons. The Kier molecular flexibility index (Phi) is 11.5. The molecule has 0 saturated carbocycles. The van der Waals surface area contributed by atoms with Crippen molar-refractivity contribution in [3.05, 3.63) is 0 Å². The van der Waals surface area contributed by atoms with Crippen LogP contribution in [0.3, 0.4) is 0 Å². The topological polar surface area (TPSA) is 0 Å². The molecule has 0 amide bonds. The van der Waals surface area contributed by atoms with Gasteiger partial charge < -0.3 is 0 Å². The van der Waals surface area contributed by atoms with Gasteiger partial charge in [0.1, 0.15) is 0 Å². The third-order valence-electron chi connectivity index (χ3n) is 3.92. The molecule has 0 aromatic heterocycles. The van der Waals surface area contributed by atoms with Crippen molar-refractivity contribution in [2.24, 2.45) is 11.8 Å². The average Bonchev–Trinajstić information content (AvgIpc) is 2.30. The molecule has 0 spiro atoms. The molecule has 0 fully saturated rings. The first-order valence-electron chi connectivity index (χ1n) is 7.78. The summed E-state index contributed by atoms with van der Waals surface area (Å²) in [4.78, 5) is 0. The van der Waals surface area contributed by atoms with Crippen LogP contribution >= 0.6 is 0 Å². The fourth-order valence-corrected chi connectivity index (χ4v) is 2.77. The SMILES string of the molecule is CCCCC(CC)CCC(CCC)CCC. The predicted molar refractivity (Wildman–Crippen MR) is 75.8 cm³/mol. The lowest BCUT2D eigenvalue weighted by Crippen LogP contribution is -2.05. The summed E-state index contributed by atoms with van der Waals surface area (Å²) >= 11 is 0. The first-order valence-corrected chi connectivity index (χ1v) is 7.78. The minimum atomic E-state index is 1.01. The van der Waals surface area contributed by atoms with Crippen molar-refractivity contribution in [1.29, 1.82) is 0 Å². The second-order valence-electron chi connectivity index (χ2n) is 5.44. The molecule has 0 heteroatoms. The molecule has 16 heavy (non-hydrogen) atoms. The molecule has 0 aliphatic heterocycles. The van der Waals surface area contributed by atoms with E-state index in [1.165, 1.54) is 64.2 Å². The summed E-state index contributed by atoms with van der Waals surface area (Å²) in [5, 5.41) is 0. The van der Waals surface area contributed by atoms with Crippen LogP contribution in [0.25, 0.3) is 0 Å². The highest BCUT2D eigenvalue weighted by Gasteiger charge is 2.11. The number of rotatable bonds is 11. The Balaban J connectivity index is 3.76. The minimum absolute atomic E-state index is 1.01. The van der Waals surface area contributed by atoms with Crippen molar-refractivity contribution >= 4 is 0 Å². The van der Waals surface area contributed by atoms with Gasteiger partial charge in [-0.1, -0.05) is 91.9 Å². The monoisotopic (exact) mass is 226 g/mol. The minimum Gasteiger partial charge on any atom is -0.0654 e. The van der Waals surface area contributed by atoms with Crippen LogP contribution in [0, 0.1) is 11.8 Å².